The number of quaternary nitrogens is 1. The van der Waals surface area contributed by atoms with Gasteiger partial charge in [0.1, 0.15) is 6.54 Å². The molecule has 0 spiro atoms. The highest BCUT2D eigenvalue weighted by molar-refractivity contribution is 4.81. The lowest BCUT2D eigenvalue weighted by Crippen LogP contribution is -3.00. The maximum absolute atomic E-state index is 9.10. The Morgan fingerprint density at radius 1 is 0.390 bits per heavy atom. The third-order valence-corrected chi connectivity index (χ3v) is 8.98. The van der Waals surface area contributed by atoms with Crippen LogP contribution in [-0.4, -0.2) is 43.4 Å². The summed E-state index contributed by atoms with van der Waals surface area (Å²) in [5.41, 5.74) is 0. The van der Waals surface area contributed by atoms with Crippen molar-refractivity contribution in [2.45, 2.75) is 200 Å². The van der Waals surface area contributed by atoms with Crippen molar-refractivity contribution in [2.75, 3.05) is 33.8 Å². The molecule has 0 heterocycles. The predicted molar refractivity (Wildman–Crippen MR) is 182 cm³/mol. The Balaban J connectivity index is 0. The van der Waals surface area contributed by atoms with Gasteiger partial charge in [-0.1, -0.05) is 173 Å². The van der Waals surface area contributed by atoms with Gasteiger partial charge in [-0.15, -0.1) is 0 Å². The number of likely N-dealkylation sites (N-methyl/N-ethyl adjacent to an activating group) is 1. The van der Waals surface area contributed by atoms with Gasteiger partial charge in [0.25, 0.3) is 0 Å². The Labute approximate surface area is 266 Å². The zero-order valence-corrected chi connectivity index (χ0v) is 29.5. The van der Waals surface area contributed by atoms with Gasteiger partial charge < -0.3 is 22.0 Å². The molecular weight excluding hydrogens is 522 g/mol. The van der Waals surface area contributed by atoms with Gasteiger partial charge in [-0.2, -0.15) is 0 Å². The molecule has 0 fully saturated rings. The van der Waals surface area contributed by atoms with E-state index in [1.54, 1.807) is 0 Å². The average Bonchev–Trinajstić information content (AvgIpc) is 2.93. The summed E-state index contributed by atoms with van der Waals surface area (Å²) in [5.74, 6) is 0. The van der Waals surface area contributed by atoms with Crippen molar-refractivity contribution in [2.24, 2.45) is 0 Å². The van der Waals surface area contributed by atoms with Crippen LogP contribution in [0.4, 0.5) is 0 Å². The van der Waals surface area contributed by atoms with Crippen LogP contribution in [0.25, 0.3) is 0 Å². The Morgan fingerprint density at radius 3 is 0.951 bits per heavy atom. The van der Waals surface area contributed by atoms with Crippen LogP contribution in [0.15, 0.2) is 12.2 Å². The predicted octanol–water partition coefficient (Wildman–Crippen LogP) is 9.34. The minimum atomic E-state index is 0. The van der Waals surface area contributed by atoms with E-state index in [1.807, 2.05) is 0 Å². The van der Waals surface area contributed by atoms with E-state index in [0.717, 1.165) is 11.0 Å². The lowest BCUT2D eigenvalue weighted by Gasteiger charge is -2.28. The van der Waals surface area contributed by atoms with Crippen LogP contribution >= 0.6 is 0 Å². The SMILES string of the molecule is CCCCCCCC/C=C\CCCCCCCCCCCCCCCCCCCCCCCC[N+](C)(C)CCO.[Cl-]. The lowest BCUT2D eigenvalue weighted by molar-refractivity contribution is -0.890. The number of allylic oxidation sites excluding steroid dienone is 2. The standard InChI is InChI=1S/C38H78NO.ClH/c1-4-5-6-7-8-9-10-11-12-13-14-15-16-17-18-19-20-21-22-23-24-25-26-27-28-29-30-31-32-33-34-35-36-39(2,3)37-38-40;/h11-12,40H,4-10,13-38H2,1-3H3;1H/q+1;/p-1/b12-11-;. The summed E-state index contributed by atoms with van der Waals surface area (Å²) < 4.78 is 0.967. The van der Waals surface area contributed by atoms with Gasteiger partial charge in [0, 0.05) is 0 Å². The van der Waals surface area contributed by atoms with E-state index in [2.05, 4.69) is 33.2 Å². The molecule has 0 aromatic rings. The van der Waals surface area contributed by atoms with Crippen molar-refractivity contribution in [3.8, 4) is 0 Å². The smallest absolute Gasteiger partial charge is 0.102 e. The highest BCUT2D eigenvalue weighted by atomic mass is 35.5. The quantitative estimate of drug-likeness (QED) is 0.0444. The average molecular weight is 601 g/mol. The van der Waals surface area contributed by atoms with Crippen LogP contribution in [0.1, 0.15) is 200 Å². The number of rotatable bonds is 34. The molecule has 0 saturated heterocycles. The normalized spacial score (nSPS) is 11.9. The number of unbranched alkanes of at least 4 members (excludes halogenated alkanes) is 28. The molecule has 0 aliphatic rings. The van der Waals surface area contributed by atoms with Crippen molar-refractivity contribution in [1.82, 2.24) is 0 Å². The van der Waals surface area contributed by atoms with Crippen molar-refractivity contribution in [3.05, 3.63) is 12.2 Å². The minimum Gasteiger partial charge on any atom is -1.00 e. The third-order valence-electron chi connectivity index (χ3n) is 8.98. The number of aliphatic hydroxyl groups excluding tert-OH is 1. The molecule has 2 nitrogen and oxygen atoms in total. The second-order valence-electron chi connectivity index (χ2n) is 13.7. The van der Waals surface area contributed by atoms with Crippen molar-refractivity contribution < 1.29 is 22.0 Å². The molecular formula is C38H78ClNO. The van der Waals surface area contributed by atoms with Crippen molar-refractivity contribution in [3.63, 3.8) is 0 Å². The van der Waals surface area contributed by atoms with Gasteiger partial charge in [0.05, 0.1) is 27.2 Å². The number of hydrogen-bond donors (Lipinski definition) is 1. The van der Waals surface area contributed by atoms with E-state index < -0.39 is 0 Å². The molecule has 0 atom stereocenters. The first-order valence-corrected chi connectivity index (χ1v) is 18.7. The fourth-order valence-corrected chi connectivity index (χ4v) is 6.00. The zero-order valence-electron chi connectivity index (χ0n) is 28.8. The van der Waals surface area contributed by atoms with Gasteiger partial charge in [-0.05, 0) is 38.5 Å². The number of halogens is 1. The van der Waals surface area contributed by atoms with Gasteiger partial charge in [-0.25, -0.2) is 0 Å². The first-order chi connectivity index (χ1) is 19.6. The Morgan fingerprint density at radius 2 is 0.659 bits per heavy atom. The Kier molecular flexibility index (Phi) is 38.0. The van der Waals surface area contributed by atoms with Crippen LogP contribution < -0.4 is 12.4 Å². The maximum atomic E-state index is 9.10. The summed E-state index contributed by atoms with van der Waals surface area (Å²) in [4.78, 5) is 0. The topological polar surface area (TPSA) is 20.2 Å². The minimum absolute atomic E-state index is 0. The molecule has 0 saturated carbocycles. The molecule has 0 unspecified atom stereocenters. The van der Waals surface area contributed by atoms with E-state index in [4.69, 9.17) is 5.11 Å². The highest BCUT2D eigenvalue weighted by Crippen LogP contribution is 2.16. The number of aliphatic hydroxyl groups is 1. The van der Waals surface area contributed by atoms with E-state index >= 15 is 0 Å². The van der Waals surface area contributed by atoms with Crippen LogP contribution in [0.2, 0.25) is 0 Å². The van der Waals surface area contributed by atoms with Gasteiger partial charge >= 0.3 is 0 Å². The third kappa shape index (κ3) is 37.9. The molecule has 0 rings (SSSR count). The monoisotopic (exact) mass is 600 g/mol. The molecule has 0 bridgehead atoms. The first-order valence-electron chi connectivity index (χ1n) is 18.7. The van der Waals surface area contributed by atoms with E-state index in [1.165, 1.54) is 199 Å². The lowest BCUT2D eigenvalue weighted by atomic mass is 10.0. The summed E-state index contributed by atoms with van der Waals surface area (Å²) in [6, 6.07) is 0. The summed E-state index contributed by atoms with van der Waals surface area (Å²) in [5, 5.41) is 9.10. The van der Waals surface area contributed by atoms with E-state index in [0.29, 0.717) is 6.61 Å². The van der Waals surface area contributed by atoms with Crippen molar-refractivity contribution in [1.29, 1.82) is 0 Å². The van der Waals surface area contributed by atoms with Gasteiger partial charge in [0.2, 0.25) is 0 Å². The van der Waals surface area contributed by atoms with Gasteiger partial charge in [-0.3, -0.25) is 0 Å². The second kappa shape index (κ2) is 36.1. The molecule has 0 radical (unpaired) electrons. The molecule has 0 aliphatic carbocycles. The summed E-state index contributed by atoms with van der Waals surface area (Å²) in [7, 11) is 4.47. The second-order valence-corrected chi connectivity index (χ2v) is 13.7. The number of nitrogens with zero attached hydrogens (tertiary/aromatic N) is 1. The highest BCUT2D eigenvalue weighted by Gasteiger charge is 2.12. The first kappa shape index (κ1) is 43.1. The molecule has 0 aromatic heterocycles. The van der Waals surface area contributed by atoms with Crippen LogP contribution in [0.5, 0.6) is 0 Å². The van der Waals surface area contributed by atoms with Crippen LogP contribution in [0.3, 0.4) is 0 Å². The number of hydrogen-bond acceptors (Lipinski definition) is 1. The molecule has 0 aliphatic heterocycles. The van der Waals surface area contributed by atoms with Crippen LogP contribution in [0, 0.1) is 0 Å². The van der Waals surface area contributed by atoms with Crippen LogP contribution in [-0.2, 0) is 0 Å². The molecule has 0 amide bonds. The Bertz CT molecular complexity index is 493. The molecule has 0 aromatic carbocycles. The molecule has 1 N–H and O–H groups in total. The van der Waals surface area contributed by atoms with E-state index in [9.17, 15) is 0 Å². The molecule has 41 heavy (non-hydrogen) atoms. The Hall–Kier alpha value is -0.0500. The van der Waals surface area contributed by atoms with Crippen molar-refractivity contribution >= 4 is 0 Å². The summed E-state index contributed by atoms with van der Waals surface area (Å²) in [6.45, 7) is 4.70. The fourth-order valence-electron chi connectivity index (χ4n) is 6.00. The molecule has 248 valence electrons. The maximum Gasteiger partial charge on any atom is 0.102 e. The summed E-state index contributed by atoms with van der Waals surface area (Å²) in [6.07, 6.45) is 47.8. The fraction of sp³-hybridized carbons (Fsp3) is 0.947. The largest absolute Gasteiger partial charge is 1.00 e. The molecule has 3 heteroatoms. The van der Waals surface area contributed by atoms with E-state index in [-0.39, 0.29) is 12.4 Å². The van der Waals surface area contributed by atoms with Gasteiger partial charge in [0.15, 0.2) is 0 Å². The summed E-state index contributed by atoms with van der Waals surface area (Å²) >= 11 is 0. The zero-order chi connectivity index (χ0) is 29.2.